The number of anilines is 1. The molecule has 0 saturated heterocycles. The van der Waals surface area contributed by atoms with Gasteiger partial charge >= 0.3 is 6.09 Å². The number of carbonyl (C=O) groups excluding carboxylic acids is 1. The Hall–Kier alpha value is -1.20. The minimum absolute atomic E-state index is 0.0307. The maximum atomic E-state index is 13.2. The van der Waals surface area contributed by atoms with Crippen molar-refractivity contribution in [3.8, 4) is 0 Å². The monoisotopic (exact) mass is 336 g/mol. The van der Waals surface area contributed by atoms with Crippen LogP contribution in [0.4, 0.5) is 14.9 Å². The largest absolute Gasteiger partial charge is 0.444 e. The van der Waals surface area contributed by atoms with Gasteiger partial charge < -0.3 is 15.4 Å². The van der Waals surface area contributed by atoms with Crippen LogP contribution in [0, 0.1) is 5.82 Å². The zero-order chi connectivity index (χ0) is 16.0. The van der Waals surface area contributed by atoms with Gasteiger partial charge in [0.2, 0.25) is 0 Å². The van der Waals surface area contributed by atoms with Crippen LogP contribution in [0.1, 0.15) is 27.2 Å². The summed E-state index contributed by atoms with van der Waals surface area (Å²) in [5.74, 6) is -0.629. The normalized spacial score (nSPS) is 11.1. The van der Waals surface area contributed by atoms with Crippen molar-refractivity contribution in [1.82, 2.24) is 5.32 Å². The molecule has 1 amide bonds. The van der Waals surface area contributed by atoms with Crippen molar-refractivity contribution in [3.63, 3.8) is 0 Å². The van der Waals surface area contributed by atoms with E-state index in [1.807, 2.05) is 0 Å². The van der Waals surface area contributed by atoms with E-state index < -0.39 is 17.5 Å². The molecule has 4 nitrogen and oxygen atoms in total. The van der Waals surface area contributed by atoms with Crippen LogP contribution in [0.2, 0.25) is 10.0 Å². The molecule has 0 radical (unpaired) electrons. The van der Waals surface area contributed by atoms with E-state index in [4.69, 9.17) is 27.9 Å². The van der Waals surface area contributed by atoms with E-state index in [0.29, 0.717) is 25.2 Å². The summed E-state index contributed by atoms with van der Waals surface area (Å²) in [7, 11) is 0. The number of amides is 1. The van der Waals surface area contributed by atoms with E-state index in [1.165, 1.54) is 12.1 Å². The topological polar surface area (TPSA) is 50.4 Å². The number of benzene rings is 1. The molecule has 1 rings (SSSR count). The number of rotatable bonds is 5. The van der Waals surface area contributed by atoms with Crippen molar-refractivity contribution in [2.45, 2.75) is 32.8 Å². The van der Waals surface area contributed by atoms with Gasteiger partial charge in [-0.3, -0.25) is 0 Å². The van der Waals surface area contributed by atoms with Crippen LogP contribution in [0.15, 0.2) is 12.1 Å². The molecule has 118 valence electrons. The number of carbonyl (C=O) groups is 1. The summed E-state index contributed by atoms with van der Waals surface area (Å²) in [6.07, 6.45) is 0.224. The number of ether oxygens (including phenoxy) is 1. The molecule has 2 N–H and O–H groups in total. The lowest BCUT2D eigenvalue weighted by atomic mass is 10.2. The van der Waals surface area contributed by atoms with Gasteiger partial charge in [-0.05, 0) is 39.3 Å². The number of hydrogen-bond donors (Lipinski definition) is 2. The first-order chi connectivity index (χ1) is 9.69. The van der Waals surface area contributed by atoms with Gasteiger partial charge in [0.1, 0.15) is 5.60 Å². The predicted molar refractivity (Wildman–Crippen MR) is 83.8 cm³/mol. The summed E-state index contributed by atoms with van der Waals surface area (Å²) in [4.78, 5) is 11.4. The van der Waals surface area contributed by atoms with Gasteiger partial charge in [-0.15, -0.1) is 0 Å². The molecule has 0 aliphatic heterocycles. The number of halogens is 3. The minimum atomic E-state index is -0.629. The average Bonchev–Trinajstić information content (AvgIpc) is 2.33. The molecule has 1 aromatic carbocycles. The second-order valence-electron chi connectivity index (χ2n) is 5.46. The van der Waals surface area contributed by atoms with Crippen molar-refractivity contribution < 1.29 is 13.9 Å². The smallest absolute Gasteiger partial charge is 0.407 e. The molecule has 0 spiro atoms. The first-order valence-electron chi connectivity index (χ1n) is 6.54. The van der Waals surface area contributed by atoms with Gasteiger partial charge in [-0.25, -0.2) is 9.18 Å². The zero-order valence-electron chi connectivity index (χ0n) is 12.2. The minimum Gasteiger partial charge on any atom is -0.444 e. The van der Waals surface area contributed by atoms with Gasteiger partial charge in [0.05, 0.1) is 10.0 Å². The van der Waals surface area contributed by atoms with Crippen LogP contribution in [-0.2, 0) is 4.74 Å². The second-order valence-corrected chi connectivity index (χ2v) is 6.28. The van der Waals surface area contributed by atoms with Crippen LogP contribution in [0.25, 0.3) is 0 Å². The molecule has 0 aliphatic carbocycles. The van der Waals surface area contributed by atoms with Crippen molar-refractivity contribution in [1.29, 1.82) is 0 Å². The van der Waals surface area contributed by atoms with Gasteiger partial charge in [0, 0.05) is 18.8 Å². The molecule has 0 aromatic heterocycles. The quantitative estimate of drug-likeness (QED) is 0.616. The molecular weight excluding hydrogens is 318 g/mol. The SMILES string of the molecule is CC(C)(C)OC(=O)NCCCNc1cc(Cl)c(F)c(Cl)c1. The third-order valence-corrected chi connectivity index (χ3v) is 2.88. The fourth-order valence-corrected chi connectivity index (χ4v) is 1.97. The summed E-state index contributed by atoms with van der Waals surface area (Å²) in [5.41, 5.74) is 0.118. The number of nitrogens with one attached hydrogen (secondary N) is 2. The van der Waals surface area contributed by atoms with E-state index in [-0.39, 0.29) is 10.0 Å². The lowest BCUT2D eigenvalue weighted by Gasteiger charge is -2.19. The highest BCUT2D eigenvalue weighted by Gasteiger charge is 2.15. The maximum Gasteiger partial charge on any atom is 0.407 e. The molecule has 0 heterocycles. The van der Waals surface area contributed by atoms with Crippen molar-refractivity contribution in [3.05, 3.63) is 28.0 Å². The third kappa shape index (κ3) is 6.87. The maximum absolute atomic E-state index is 13.2. The van der Waals surface area contributed by atoms with Crippen molar-refractivity contribution >= 4 is 35.0 Å². The first-order valence-corrected chi connectivity index (χ1v) is 7.30. The summed E-state index contributed by atoms with van der Waals surface area (Å²) < 4.78 is 18.3. The number of hydrogen-bond acceptors (Lipinski definition) is 3. The highest BCUT2D eigenvalue weighted by atomic mass is 35.5. The molecule has 0 atom stereocenters. The first kappa shape index (κ1) is 17.9. The molecule has 0 saturated carbocycles. The standard InChI is InChI=1S/C14H19Cl2FN2O2/c1-14(2,3)21-13(20)19-6-4-5-18-9-7-10(15)12(17)11(16)8-9/h7-8,18H,4-6H2,1-3H3,(H,19,20). The molecule has 0 fully saturated rings. The fraction of sp³-hybridized carbons (Fsp3) is 0.500. The predicted octanol–water partition coefficient (Wildman–Crippen LogP) is 4.46. The Balaban J connectivity index is 2.27. The van der Waals surface area contributed by atoms with E-state index in [2.05, 4.69) is 10.6 Å². The van der Waals surface area contributed by atoms with E-state index in [0.717, 1.165) is 0 Å². The summed E-state index contributed by atoms with van der Waals surface area (Å²) >= 11 is 11.4. The Morgan fingerprint density at radius 3 is 2.33 bits per heavy atom. The molecular formula is C14H19Cl2FN2O2. The molecule has 0 aliphatic rings. The molecule has 1 aromatic rings. The van der Waals surface area contributed by atoms with Crippen LogP contribution in [0.3, 0.4) is 0 Å². The average molecular weight is 337 g/mol. The van der Waals surface area contributed by atoms with E-state index >= 15 is 0 Å². The summed E-state index contributed by atoms with van der Waals surface area (Å²) in [5, 5.41) is 5.63. The lowest BCUT2D eigenvalue weighted by molar-refractivity contribution is 0.0528. The second kappa shape index (κ2) is 7.71. The third-order valence-electron chi connectivity index (χ3n) is 2.33. The van der Waals surface area contributed by atoms with E-state index in [1.54, 1.807) is 20.8 Å². The van der Waals surface area contributed by atoms with Gasteiger partial charge in [0.25, 0.3) is 0 Å². The van der Waals surface area contributed by atoms with Gasteiger partial charge in [-0.1, -0.05) is 23.2 Å². The van der Waals surface area contributed by atoms with Crippen molar-refractivity contribution in [2.75, 3.05) is 18.4 Å². The molecule has 7 heteroatoms. The van der Waals surface area contributed by atoms with Crippen LogP contribution >= 0.6 is 23.2 Å². The fourth-order valence-electron chi connectivity index (χ4n) is 1.48. The van der Waals surface area contributed by atoms with Gasteiger partial charge in [-0.2, -0.15) is 0 Å². The van der Waals surface area contributed by atoms with Gasteiger partial charge in [0.15, 0.2) is 5.82 Å². The Bertz CT molecular complexity index is 481. The Morgan fingerprint density at radius 1 is 1.24 bits per heavy atom. The van der Waals surface area contributed by atoms with Crippen LogP contribution < -0.4 is 10.6 Å². The Labute approximate surface area is 133 Å². The van der Waals surface area contributed by atoms with Crippen LogP contribution in [0.5, 0.6) is 0 Å². The summed E-state index contributed by atoms with van der Waals surface area (Å²) in [6, 6.07) is 2.92. The Kier molecular flexibility index (Phi) is 6.55. The highest BCUT2D eigenvalue weighted by molar-refractivity contribution is 6.35. The molecule has 0 bridgehead atoms. The Morgan fingerprint density at radius 2 is 1.81 bits per heavy atom. The van der Waals surface area contributed by atoms with Crippen molar-refractivity contribution in [2.24, 2.45) is 0 Å². The van der Waals surface area contributed by atoms with Crippen LogP contribution in [-0.4, -0.2) is 24.8 Å². The summed E-state index contributed by atoms with van der Waals surface area (Å²) in [6.45, 7) is 6.45. The molecule has 21 heavy (non-hydrogen) atoms. The van der Waals surface area contributed by atoms with E-state index in [9.17, 15) is 9.18 Å². The lowest BCUT2D eigenvalue weighted by Crippen LogP contribution is -2.33. The molecule has 0 unspecified atom stereocenters. The highest BCUT2D eigenvalue weighted by Crippen LogP contribution is 2.27. The number of alkyl carbamates (subject to hydrolysis) is 1. The zero-order valence-corrected chi connectivity index (χ0v) is 13.7.